The molecule has 0 aliphatic carbocycles. The molecule has 0 bridgehead atoms. The van der Waals surface area contributed by atoms with Gasteiger partial charge in [-0.05, 0) is 19.1 Å². The highest BCUT2D eigenvalue weighted by Crippen LogP contribution is 2.37. The number of rotatable bonds is 3. The predicted molar refractivity (Wildman–Crippen MR) is 89.7 cm³/mol. The van der Waals surface area contributed by atoms with E-state index in [1.165, 1.54) is 11.5 Å². The highest BCUT2D eigenvalue weighted by molar-refractivity contribution is 6.04. The minimum absolute atomic E-state index is 0.0309. The summed E-state index contributed by atoms with van der Waals surface area (Å²) < 4.78 is 15.9. The second kappa shape index (κ2) is 6.47. The lowest BCUT2D eigenvalue weighted by Crippen LogP contribution is -2.24. The van der Waals surface area contributed by atoms with Crippen molar-refractivity contribution in [1.29, 1.82) is 0 Å². The van der Waals surface area contributed by atoms with Gasteiger partial charge in [-0.2, -0.15) is 0 Å². The molecule has 8 heteroatoms. The van der Waals surface area contributed by atoms with Crippen LogP contribution in [0.3, 0.4) is 0 Å². The molecule has 0 spiro atoms. The Kier molecular flexibility index (Phi) is 4.33. The average Bonchev–Trinajstić information content (AvgIpc) is 3.00. The number of nitrogens with zero attached hydrogens (tertiary/aromatic N) is 1. The van der Waals surface area contributed by atoms with Crippen molar-refractivity contribution in [1.82, 2.24) is 4.57 Å². The van der Waals surface area contributed by atoms with Crippen LogP contribution in [0.4, 0.5) is 0 Å². The Labute approximate surface area is 147 Å². The van der Waals surface area contributed by atoms with Gasteiger partial charge < -0.3 is 14.2 Å². The van der Waals surface area contributed by atoms with Crippen molar-refractivity contribution in [3.05, 3.63) is 51.7 Å². The first-order valence-corrected chi connectivity index (χ1v) is 7.64. The summed E-state index contributed by atoms with van der Waals surface area (Å²) in [5, 5.41) is 0.360. The molecular formula is C18H15NO7. The number of ether oxygens (including phenoxy) is 3. The summed E-state index contributed by atoms with van der Waals surface area (Å²) in [7, 11) is 2.27. The zero-order valence-corrected chi connectivity index (χ0v) is 14.3. The molecule has 1 aliphatic heterocycles. The van der Waals surface area contributed by atoms with E-state index >= 15 is 0 Å². The normalized spacial score (nSPS) is 16.2. The maximum absolute atomic E-state index is 12.5. The molecule has 1 unspecified atom stereocenters. The largest absolute Gasteiger partial charge is 0.466 e. The number of methoxy groups -OCH3 is 2. The molecule has 1 aromatic carbocycles. The van der Waals surface area contributed by atoms with Crippen molar-refractivity contribution in [3.63, 3.8) is 0 Å². The van der Waals surface area contributed by atoms with Gasteiger partial charge in [-0.1, -0.05) is 12.1 Å². The van der Waals surface area contributed by atoms with Gasteiger partial charge in [-0.25, -0.2) is 14.4 Å². The van der Waals surface area contributed by atoms with Gasteiger partial charge in [0.25, 0.3) is 0 Å². The summed E-state index contributed by atoms with van der Waals surface area (Å²) in [5.74, 6) is -2.48. The van der Waals surface area contributed by atoms with E-state index in [1.807, 2.05) is 0 Å². The highest BCUT2D eigenvalue weighted by atomic mass is 16.6. The van der Waals surface area contributed by atoms with E-state index in [4.69, 9.17) is 9.47 Å². The summed E-state index contributed by atoms with van der Waals surface area (Å²) >= 11 is 0. The number of esters is 3. The Morgan fingerprint density at radius 2 is 1.85 bits per heavy atom. The van der Waals surface area contributed by atoms with E-state index in [0.29, 0.717) is 10.9 Å². The molecular weight excluding hydrogens is 342 g/mol. The SMILES string of the molecule is COC(=O)/C=C(/C(=O)OC)C1C(=O)Oc2c(C)c(=O)c3ccccc3n21. The van der Waals surface area contributed by atoms with Gasteiger partial charge in [0.05, 0.1) is 30.9 Å². The Morgan fingerprint density at radius 3 is 2.50 bits per heavy atom. The van der Waals surface area contributed by atoms with E-state index in [2.05, 4.69) is 4.74 Å². The van der Waals surface area contributed by atoms with Crippen LogP contribution in [-0.4, -0.2) is 36.7 Å². The van der Waals surface area contributed by atoms with Crippen LogP contribution in [0.2, 0.25) is 0 Å². The molecule has 3 rings (SSSR count). The zero-order chi connectivity index (χ0) is 19.0. The van der Waals surface area contributed by atoms with Gasteiger partial charge in [-0.15, -0.1) is 0 Å². The first kappa shape index (κ1) is 17.4. The number of carbonyl (C=O) groups excluding carboxylic acids is 3. The van der Waals surface area contributed by atoms with Crippen molar-refractivity contribution in [2.24, 2.45) is 0 Å². The van der Waals surface area contributed by atoms with Crippen molar-refractivity contribution in [3.8, 4) is 5.88 Å². The van der Waals surface area contributed by atoms with E-state index in [1.54, 1.807) is 24.3 Å². The maximum Gasteiger partial charge on any atom is 0.340 e. The fourth-order valence-corrected chi connectivity index (χ4v) is 2.92. The summed E-state index contributed by atoms with van der Waals surface area (Å²) in [6.07, 6.45) is 0.884. The third-order valence-electron chi connectivity index (χ3n) is 4.16. The van der Waals surface area contributed by atoms with Crippen molar-refractivity contribution in [2.45, 2.75) is 13.0 Å². The first-order valence-electron chi connectivity index (χ1n) is 7.64. The quantitative estimate of drug-likeness (QED) is 0.597. The topological polar surface area (TPSA) is 101 Å². The smallest absolute Gasteiger partial charge is 0.340 e. The molecule has 26 heavy (non-hydrogen) atoms. The van der Waals surface area contributed by atoms with Crippen LogP contribution in [0, 0.1) is 6.92 Å². The molecule has 0 saturated carbocycles. The van der Waals surface area contributed by atoms with Gasteiger partial charge in [0, 0.05) is 11.5 Å². The standard InChI is InChI=1S/C18H15NO7/c1-9-15(21)10-6-4-5-7-12(10)19-14(18(23)26-16(9)19)11(17(22)25-3)8-13(20)24-2/h4-8,14H,1-3H3/b11-8+. The lowest BCUT2D eigenvalue weighted by atomic mass is 10.0. The van der Waals surface area contributed by atoms with E-state index in [9.17, 15) is 19.2 Å². The minimum Gasteiger partial charge on any atom is -0.466 e. The Morgan fingerprint density at radius 1 is 1.15 bits per heavy atom. The van der Waals surface area contributed by atoms with Crippen LogP contribution in [0.25, 0.3) is 10.9 Å². The monoisotopic (exact) mass is 357 g/mol. The van der Waals surface area contributed by atoms with E-state index in [0.717, 1.165) is 20.3 Å². The minimum atomic E-state index is -1.28. The number of benzene rings is 1. The van der Waals surface area contributed by atoms with Crippen LogP contribution in [0.15, 0.2) is 40.7 Å². The van der Waals surface area contributed by atoms with Crippen LogP contribution in [0.1, 0.15) is 11.6 Å². The van der Waals surface area contributed by atoms with E-state index < -0.39 is 23.9 Å². The molecule has 2 heterocycles. The molecule has 134 valence electrons. The zero-order valence-electron chi connectivity index (χ0n) is 14.3. The number of aromatic nitrogens is 1. The second-order valence-corrected chi connectivity index (χ2v) is 5.58. The summed E-state index contributed by atoms with van der Waals surface area (Å²) in [6, 6.07) is 5.34. The van der Waals surface area contributed by atoms with Gasteiger partial charge in [0.2, 0.25) is 5.88 Å². The molecule has 2 aromatic rings. The summed E-state index contributed by atoms with van der Waals surface area (Å²) in [4.78, 5) is 48.9. The van der Waals surface area contributed by atoms with Gasteiger partial charge in [0.1, 0.15) is 0 Å². The fraction of sp³-hybridized carbons (Fsp3) is 0.222. The third kappa shape index (κ3) is 2.55. The van der Waals surface area contributed by atoms with Gasteiger partial charge >= 0.3 is 17.9 Å². The fourth-order valence-electron chi connectivity index (χ4n) is 2.92. The molecule has 0 saturated heterocycles. The van der Waals surface area contributed by atoms with Gasteiger partial charge in [0.15, 0.2) is 11.5 Å². The molecule has 8 nitrogen and oxygen atoms in total. The lowest BCUT2D eigenvalue weighted by molar-refractivity contribution is -0.141. The Hall–Kier alpha value is -3.42. The molecule has 1 atom stereocenters. The number of fused-ring (bicyclic) bond motifs is 3. The van der Waals surface area contributed by atoms with Crippen molar-refractivity contribution in [2.75, 3.05) is 14.2 Å². The van der Waals surface area contributed by atoms with Gasteiger partial charge in [-0.3, -0.25) is 9.36 Å². The van der Waals surface area contributed by atoms with Crippen LogP contribution < -0.4 is 10.2 Å². The number of hydrogen-bond acceptors (Lipinski definition) is 7. The average molecular weight is 357 g/mol. The Bertz CT molecular complexity index is 1030. The number of para-hydroxylation sites is 1. The molecule has 0 N–H and O–H groups in total. The maximum atomic E-state index is 12.5. The lowest BCUT2D eigenvalue weighted by Gasteiger charge is -2.16. The number of hydrogen-bond donors (Lipinski definition) is 0. The summed E-state index contributed by atoms with van der Waals surface area (Å²) in [6.45, 7) is 1.53. The summed E-state index contributed by atoms with van der Waals surface area (Å²) in [5.41, 5.74) is 0.0867. The second-order valence-electron chi connectivity index (χ2n) is 5.58. The number of carbonyl (C=O) groups is 3. The van der Waals surface area contributed by atoms with Crippen LogP contribution in [-0.2, 0) is 23.9 Å². The van der Waals surface area contributed by atoms with Crippen LogP contribution >= 0.6 is 0 Å². The molecule has 0 amide bonds. The van der Waals surface area contributed by atoms with E-state index in [-0.39, 0.29) is 22.4 Å². The first-order chi connectivity index (χ1) is 12.4. The molecule has 1 aliphatic rings. The number of pyridine rings is 1. The Balaban J connectivity index is 2.35. The van der Waals surface area contributed by atoms with Crippen molar-refractivity contribution < 1.29 is 28.6 Å². The molecule has 0 fully saturated rings. The van der Waals surface area contributed by atoms with Crippen LogP contribution in [0.5, 0.6) is 5.88 Å². The molecule has 0 radical (unpaired) electrons. The third-order valence-corrected chi connectivity index (χ3v) is 4.16. The van der Waals surface area contributed by atoms with Crippen molar-refractivity contribution >= 4 is 28.8 Å². The highest BCUT2D eigenvalue weighted by Gasteiger charge is 2.41. The predicted octanol–water partition coefficient (Wildman–Crippen LogP) is 1.04. The molecule has 1 aromatic heterocycles.